The zero-order chi connectivity index (χ0) is 15.4. The number of aromatic nitrogens is 1. The number of nitrogens with zero attached hydrogens (tertiary/aromatic N) is 1. The van der Waals surface area contributed by atoms with E-state index in [1.807, 2.05) is 6.92 Å². The number of hydrogen-bond donors (Lipinski definition) is 2. The molecule has 0 amide bonds. The Hall–Kier alpha value is -2.27. The summed E-state index contributed by atoms with van der Waals surface area (Å²) >= 11 is 5.97. The first kappa shape index (κ1) is 15.1. The molecule has 0 aliphatic carbocycles. The number of nitrogens with one attached hydrogen (secondary N) is 1. The van der Waals surface area contributed by atoms with Crippen molar-refractivity contribution in [3.05, 3.63) is 46.6 Å². The van der Waals surface area contributed by atoms with Crippen molar-refractivity contribution >= 4 is 29.1 Å². The van der Waals surface area contributed by atoms with Crippen LogP contribution in [0.5, 0.6) is 5.75 Å². The van der Waals surface area contributed by atoms with Crippen molar-refractivity contribution in [2.45, 2.75) is 13.3 Å². The van der Waals surface area contributed by atoms with E-state index in [1.54, 1.807) is 31.4 Å². The van der Waals surface area contributed by atoms with Crippen molar-refractivity contribution in [2.24, 2.45) is 0 Å². The van der Waals surface area contributed by atoms with Crippen LogP contribution in [0.1, 0.15) is 23.0 Å². The van der Waals surface area contributed by atoms with Gasteiger partial charge in [0.2, 0.25) is 0 Å². The van der Waals surface area contributed by atoms with Crippen LogP contribution in [0.4, 0.5) is 11.5 Å². The molecule has 0 saturated carbocycles. The van der Waals surface area contributed by atoms with Crippen LogP contribution in [-0.2, 0) is 6.42 Å². The lowest BCUT2D eigenvalue weighted by molar-refractivity contribution is 0.0696. The van der Waals surface area contributed by atoms with Crippen LogP contribution in [0.25, 0.3) is 0 Å². The molecule has 0 radical (unpaired) electrons. The second-order valence-electron chi connectivity index (χ2n) is 4.36. The fourth-order valence-corrected chi connectivity index (χ4v) is 2.04. The lowest BCUT2D eigenvalue weighted by Gasteiger charge is -2.12. The monoisotopic (exact) mass is 306 g/mol. The van der Waals surface area contributed by atoms with E-state index in [4.69, 9.17) is 21.4 Å². The lowest BCUT2D eigenvalue weighted by atomic mass is 10.2. The van der Waals surface area contributed by atoms with Crippen molar-refractivity contribution in [1.29, 1.82) is 0 Å². The van der Waals surface area contributed by atoms with Crippen LogP contribution in [-0.4, -0.2) is 23.2 Å². The molecular weight excluding hydrogens is 292 g/mol. The zero-order valence-corrected chi connectivity index (χ0v) is 12.4. The van der Waals surface area contributed by atoms with E-state index in [0.717, 1.165) is 0 Å². The zero-order valence-electron chi connectivity index (χ0n) is 11.7. The average molecular weight is 307 g/mol. The number of pyridine rings is 1. The molecule has 2 N–H and O–H groups in total. The summed E-state index contributed by atoms with van der Waals surface area (Å²) in [5.74, 6) is 0.0421. The second-order valence-corrected chi connectivity index (χ2v) is 4.80. The molecule has 0 atom stereocenters. The molecule has 0 aliphatic heterocycles. The Balaban J connectivity index is 2.41. The molecule has 0 unspecified atom stereocenters. The van der Waals surface area contributed by atoms with Crippen molar-refractivity contribution in [3.8, 4) is 5.75 Å². The minimum Gasteiger partial charge on any atom is -0.495 e. The Bertz CT molecular complexity index is 674. The molecule has 6 heteroatoms. The highest BCUT2D eigenvalue weighted by atomic mass is 35.5. The molecule has 21 heavy (non-hydrogen) atoms. The highest BCUT2D eigenvalue weighted by Crippen LogP contribution is 2.30. The van der Waals surface area contributed by atoms with Crippen LogP contribution in [0, 0.1) is 0 Å². The Morgan fingerprint density at radius 3 is 2.76 bits per heavy atom. The van der Waals surface area contributed by atoms with Gasteiger partial charge in [-0.1, -0.05) is 18.5 Å². The summed E-state index contributed by atoms with van der Waals surface area (Å²) in [6, 6.07) is 8.17. The molecular formula is C15H15ClN2O3. The number of aryl methyl sites for hydroxylation is 1. The first-order valence-electron chi connectivity index (χ1n) is 6.38. The number of anilines is 2. The maximum absolute atomic E-state index is 11.1. The molecule has 2 aromatic rings. The standard InChI is InChI=1S/C15H15ClN2O3/c1-3-11-6-9(15(19)20)7-14(17-11)18-12-8-10(16)4-5-13(12)21-2/h4-8H,3H2,1-2H3,(H,17,18)(H,19,20). The number of benzene rings is 1. The number of hydrogen-bond acceptors (Lipinski definition) is 4. The number of carboxylic acid groups (broad SMARTS) is 1. The molecule has 0 bridgehead atoms. The molecule has 1 heterocycles. The molecule has 110 valence electrons. The highest BCUT2D eigenvalue weighted by Gasteiger charge is 2.10. The summed E-state index contributed by atoms with van der Waals surface area (Å²) in [6.07, 6.45) is 0.641. The predicted octanol–water partition coefficient (Wildman–Crippen LogP) is 3.75. The van der Waals surface area contributed by atoms with E-state index in [-0.39, 0.29) is 5.56 Å². The molecule has 1 aromatic heterocycles. The molecule has 0 saturated heterocycles. The number of halogens is 1. The molecule has 0 fully saturated rings. The predicted molar refractivity (Wildman–Crippen MR) is 81.9 cm³/mol. The van der Waals surface area contributed by atoms with Gasteiger partial charge in [0.25, 0.3) is 0 Å². The summed E-state index contributed by atoms with van der Waals surface area (Å²) in [7, 11) is 1.55. The van der Waals surface area contributed by atoms with Crippen LogP contribution >= 0.6 is 11.6 Å². The Morgan fingerprint density at radius 2 is 2.14 bits per heavy atom. The second kappa shape index (κ2) is 6.45. The molecule has 0 aliphatic rings. The van der Waals surface area contributed by atoms with Gasteiger partial charge in [0.1, 0.15) is 11.6 Å². The van der Waals surface area contributed by atoms with Gasteiger partial charge in [-0.2, -0.15) is 0 Å². The largest absolute Gasteiger partial charge is 0.495 e. The molecule has 0 spiro atoms. The van der Waals surface area contributed by atoms with Gasteiger partial charge in [0, 0.05) is 10.7 Å². The smallest absolute Gasteiger partial charge is 0.335 e. The third-order valence-electron chi connectivity index (χ3n) is 2.91. The van der Waals surface area contributed by atoms with Gasteiger partial charge in [-0.05, 0) is 36.8 Å². The number of carboxylic acids is 1. The lowest BCUT2D eigenvalue weighted by Crippen LogP contribution is -2.04. The normalized spacial score (nSPS) is 10.2. The first-order valence-corrected chi connectivity index (χ1v) is 6.76. The molecule has 5 nitrogen and oxygen atoms in total. The summed E-state index contributed by atoms with van der Waals surface area (Å²) in [4.78, 5) is 15.5. The number of aromatic carboxylic acids is 1. The maximum atomic E-state index is 11.1. The number of ether oxygens (including phenoxy) is 1. The Labute approximate surface area is 127 Å². The molecule has 1 aromatic carbocycles. The van der Waals surface area contributed by atoms with Crippen LogP contribution < -0.4 is 10.1 Å². The summed E-state index contributed by atoms with van der Waals surface area (Å²) < 4.78 is 5.24. The van der Waals surface area contributed by atoms with Gasteiger partial charge in [0.15, 0.2) is 0 Å². The summed E-state index contributed by atoms with van der Waals surface area (Å²) in [6.45, 7) is 1.91. The number of methoxy groups -OCH3 is 1. The van der Waals surface area contributed by atoms with Crippen molar-refractivity contribution < 1.29 is 14.6 Å². The van der Waals surface area contributed by atoms with Gasteiger partial charge in [-0.3, -0.25) is 0 Å². The fourth-order valence-electron chi connectivity index (χ4n) is 1.87. The average Bonchev–Trinajstić information content (AvgIpc) is 2.47. The van der Waals surface area contributed by atoms with Crippen molar-refractivity contribution in [2.75, 3.05) is 12.4 Å². The maximum Gasteiger partial charge on any atom is 0.335 e. The van der Waals surface area contributed by atoms with E-state index in [2.05, 4.69) is 10.3 Å². The van der Waals surface area contributed by atoms with E-state index < -0.39 is 5.97 Å². The fraction of sp³-hybridized carbons (Fsp3) is 0.200. The quantitative estimate of drug-likeness (QED) is 0.880. The SMILES string of the molecule is CCc1cc(C(=O)O)cc(Nc2cc(Cl)ccc2OC)n1. The summed E-state index contributed by atoms with van der Waals surface area (Å²) in [5.41, 5.74) is 1.51. The summed E-state index contributed by atoms with van der Waals surface area (Å²) in [5, 5.41) is 12.7. The van der Waals surface area contributed by atoms with E-state index in [1.165, 1.54) is 6.07 Å². The number of carbonyl (C=O) groups is 1. The third kappa shape index (κ3) is 3.64. The van der Waals surface area contributed by atoms with Crippen molar-refractivity contribution in [3.63, 3.8) is 0 Å². The Kier molecular flexibility index (Phi) is 4.65. The van der Waals surface area contributed by atoms with Gasteiger partial charge in [0.05, 0.1) is 18.4 Å². The van der Waals surface area contributed by atoms with E-state index in [9.17, 15) is 4.79 Å². The first-order chi connectivity index (χ1) is 10.0. The number of rotatable bonds is 5. The van der Waals surface area contributed by atoms with E-state index in [0.29, 0.717) is 34.4 Å². The van der Waals surface area contributed by atoms with Crippen LogP contribution in [0.2, 0.25) is 5.02 Å². The van der Waals surface area contributed by atoms with Crippen LogP contribution in [0.15, 0.2) is 30.3 Å². The Morgan fingerprint density at radius 1 is 1.38 bits per heavy atom. The van der Waals surface area contributed by atoms with Crippen LogP contribution in [0.3, 0.4) is 0 Å². The van der Waals surface area contributed by atoms with Gasteiger partial charge in [-0.15, -0.1) is 0 Å². The van der Waals surface area contributed by atoms with E-state index >= 15 is 0 Å². The van der Waals surface area contributed by atoms with Gasteiger partial charge >= 0.3 is 5.97 Å². The highest BCUT2D eigenvalue weighted by molar-refractivity contribution is 6.31. The van der Waals surface area contributed by atoms with Gasteiger partial charge in [-0.25, -0.2) is 9.78 Å². The minimum absolute atomic E-state index is 0.186. The third-order valence-corrected chi connectivity index (χ3v) is 3.15. The molecule has 2 rings (SSSR count). The minimum atomic E-state index is -0.992. The van der Waals surface area contributed by atoms with Crippen molar-refractivity contribution in [1.82, 2.24) is 4.98 Å². The van der Waals surface area contributed by atoms with Gasteiger partial charge < -0.3 is 15.2 Å². The topological polar surface area (TPSA) is 71.5 Å².